The summed E-state index contributed by atoms with van der Waals surface area (Å²) in [5.41, 5.74) is 0.969. The fraction of sp³-hybridized carbons (Fsp3) is 0.500. The van der Waals surface area contributed by atoms with E-state index in [1.807, 2.05) is 13.8 Å². The van der Waals surface area contributed by atoms with Crippen LogP contribution in [0.15, 0.2) is 23.1 Å². The van der Waals surface area contributed by atoms with Gasteiger partial charge in [-0.2, -0.15) is 0 Å². The Bertz CT molecular complexity index is 481. The number of rotatable bonds is 5. The quantitative estimate of drug-likeness (QED) is 0.878. The topological polar surface area (TPSA) is 55.4 Å². The van der Waals surface area contributed by atoms with Gasteiger partial charge in [0.2, 0.25) is 10.0 Å². The van der Waals surface area contributed by atoms with Gasteiger partial charge in [0.05, 0.1) is 6.61 Å². The summed E-state index contributed by atoms with van der Waals surface area (Å²) in [4.78, 5) is 0.193. The smallest absolute Gasteiger partial charge is 0.244 e. The molecule has 0 fully saturated rings. The van der Waals surface area contributed by atoms with Crippen molar-refractivity contribution >= 4 is 10.0 Å². The van der Waals surface area contributed by atoms with E-state index in [0.717, 1.165) is 5.56 Å². The highest BCUT2D eigenvalue weighted by molar-refractivity contribution is 7.89. The molecule has 0 heterocycles. The van der Waals surface area contributed by atoms with Gasteiger partial charge in [-0.1, -0.05) is 6.07 Å². The van der Waals surface area contributed by atoms with Crippen molar-refractivity contribution in [3.63, 3.8) is 0 Å². The SMILES string of the molecule is CCOc1cc(C)ccc1S(=O)(=O)NC(C)C. The van der Waals surface area contributed by atoms with E-state index in [1.165, 1.54) is 0 Å². The number of benzene rings is 1. The van der Waals surface area contributed by atoms with E-state index in [1.54, 1.807) is 32.0 Å². The first kappa shape index (κ1) is 14.0. The predicted octanol–water partition coefficient (Wildman–Crippen LogP) is 2.08. The summed E-state index contributed by atoms with van der Waals surface area (Å²) in [6.45, 7) is 7.73. The zero-order valence-electron chi connectivity index (χ0n) is 10.6. The highest BCUT2D eigenvalue weighted by atomic mass is 32.2. The minimum Gasteiger partial charge on any atom is -0.492 e. The van der Waals surface area contributed by atoms with Crippen LogP contribution in [0, 0.1) is 6.92 Å². The summed E-state index contributed by atoms with van der Waals surface area (Å²) in [6, 6.07) is 4.93. The monoisotopic (exact) mass is 257 g/mol. The third kappa shape index (κ3) is 3.71. The van der Waals surface area contributed by atoms with Crippen LogP contribution in [0.3, 0.4) is 0 Å². The zero-order chi connectivity index (χ0) is 13.1. The molecule has 1 rings (SSSR count). The number of ether oxygens (including phenoxy) is 1. The molecule has 1 aromatic rings. The van der Waals surface area contributed by atoms with Crippen LogP contribution in [-0.2, 0) is 10.0 Å². The first-order valence-corrected chi connectivity index (χ1v) is 7.11. The first-order valence-electron chi connectivity index (χ1n) is 5.62. The van der Waals surface area contributed by atoms with E-state index >= 15 is 0 Å². The molecule has 0 unspecified atom stereocenters. The van der Waals surface area contributed by atoms with Crippen molar-refractivity contribution in [3.05, 3.63) is 23.8 Å². The lowest BCUT2D eigenvalue weighted by Gasteiger charge is -2.14. The molecule has 0 aliphatic heterocycles. The van der Waals surface area contributed by atoms with Crippen molar-refractivity contribution in [1.29, 1.82) is 0 Å². The van der Waals surface area contributed by atoms with Gasteiger partial charge in [-0.05, 0) is 45.4 Å². The van der Waals surface area contributed by atoms with Gasteiger partial charge in [0.15, 0.2) is 0 Å². The molecule has 5 heteroatoms. The van der Waals surface area contributed by atoms with Crippen molar-refractivity contribution in [1.82, 2.24) is 4.72 Å². The summed E-state index contributed by atoms with van der Waals surface area (Å²) in [6.07, 6.45) is 0. The fourth-order valence-corrected chi connectivity index (χ4v) is 2.86. The highest BCUT2D eigenvalue weighted by Crippen LogP contribution is 2.25. The molecule has 0 bridgehead atoms. The van der Waals surface area contributed by atoms with Gasteiger partial charge < -0.3 is 4.74 Å². The minimum atomic E-state index is -3.50. The number of aryl methyl sites for hydroxylation is 1. The average Bonchev–Trinajstić information content (AvgIpc) is 2.15. The lowest BCUT2D eigenvalue weighted by atomic mass is 10.2. The van der Waals surface area contributed by atoms with Crippen molar-refractivity contribution in [3.8, 4) is 5.75 Å². The third-order valence-electron chi connectivity index (χ3n) is 2.08. The molecule has 0 aliphatic carbocycles. The van der Waals surface area contributed by atoms with Crippen molar-refractivity contribution in [2.45, 2.75) is 38.6 Å². The molecule has 96 valence electrons. The fourth-order valence-electron chi connectivity index (χ4n) is 1.48. The largest absolute Gasteiger partial charge is 0.492 e. The van der Waals surface area contributed by atoms with E-state index < -0.39 is 10.0 Å². The molecule has 0 aliphatic rings. The van der Waals surface area contributed by atoms with Gasteiger partial charge in [0, 0.05) is 6.04 Å². The van der Waals surface area contributed by atoms with Crippen LogP contribution in [0.4, 0.5) is 0 Å². The second-order valence-electron chi connectivity index (χ2n) is 4.16. The van der Waals surface area contributed by atoms with E-state index in [0.29, 0.717) is 12.4 Å². The summed E-state index contributed by atoms with van der Waals surface area (Å²) in [7, 11) is -3.50. The van der Waals surface area contributed by atoms with Gasteiger partial charge in [0.1, 0.15) is 10.6 Å². The molecule has 1 aromatic carbocycles. The Hall–Kier alpha value is -1.07. The van der Waals surface area contributed by atoms with Crippen molar-refractivity contribution in [2.75, 3.05) is 6.61 Å². The van der Waals surface area contributed by atoms with Crippen molar-refractivity contribution in [2.24, 2.45) is 0 Å². The lowest BCUT2D eigenvalue weighted by Crippen LogP contribution is -2.30. The summed E-state index contributed by atoms with van der Waals surface area (Å²) in [5, 5.41) is 0. The second kappa shape index (κ2) is 5.51. The summed E-state index contributed by atoms with van der Waals surface area (Å²) >= 11 is 0. The maximum atomic E-state index is 12.1. The molecule has 0 spiro atoms. The molecular weight excluding hydrogens is 238 g/mol. The van der Waals surface area contributed by atoms with Gasteiger partial charge in [-0.25, -0.2) is 13.1 Å². The first-order chi connectivity index (χ1) is 7.86. The van der Waals surface area contributed by atoms with Crippen LogP contribution in [0.5, 0.6) is 5.75 Å². The summed E-state index contributed by atoms with van der Waals surface area (Å²) < 4.78 is 32.0. The molecule has 0 saturated heterocycles. The molecule has 1 N–H and O–H groups in total. The van der Waals surface area contributed by atoms with Crippen LogP contribution < -0.4 is 9.46 Å². The van der Waals surface area contributed by atoms with Gasteiger partial charge in [0.25, 0.3) is 0 Å². The van der Waals surface area contributed by atoms with Crippen LogP contribution in [-0.4, -0.2) is 21.1 Å². The Morgan fingerprint density at radius 1 is 1.35 bits per heavy atom. The third-order valence-corrected chi connectivity index (χ3v) is 3.78. The Kier molecular flexibility index (Phi) is 4.54. The van der Waals surface area contributed by atoms with Crippen LogP contribution in [0.1, 0.15) is 26.3 Å². The van der Waals surface area contributed by atoms with E-state index in [4.69, 9.17) is 4.74 Å². The molecule has 0 radical (unpaired) electrons. The summed E-state index contributed by atoms with van der Waals surface area (Å²) in [5.74, 6) is 0.403. The Balaban J connectivity index is 3.20. The van der Waals surface area contributed by atoms with E-state index in [2.05, 4.69) is 4.72 Å². The molecule has 4 nitrogen and oxygen atoms in total. The van der Waals surface area contributed by atoms with Crippen molar-refractivity contribution < 1.29 is 13.2 Å². The maximum absolute atomic E-state index is 12.1. The molecular formula is C12H19NO3S. The standard InChI is InChI=1S/C12H19NO3S/c1-5-16-11-8-10(4)6-7-12(11)17(14,15)13-9(2)3/h6-9,13H,5H2,1-4H3. The average molecular weight is 257 g/mol. The van der Waals surface area contributed by atoms with Crippen LogP contribution in [0.25, 0.3) is 0 Å². The number of hydrogen-bond donors (Lipinski definition) is 1. The van der Waals surface area contributed by atoms with E-state index in [-0.39, 0.29) is 10.9 Å². The zero-order valence-corrected chi connectivity index (χ0v) is 11.5. The predicted molar refractivity (Wildman–Crippen MR) is 67.8 cm³/mol. The van der Waals surface area contributed by atoms with Crippen LogP contribution in [0.2, 0.25) is 0 Å². The maximum Gasteiger partial charge on any atom is 0.244 e. The van der Waals surface area contributed by atoms with Crippen LogP contribution >= 0.6 is 0 Å². The second-order valence-corrected chi connectivity index (χ2v) is 5.84. The normalized spacial score (nSPS) is 11.8. The molecule has 17 heavy (non-hydrogen) atoms. The molecule has 0 atom stereocenters. The number of nitrogens with one attached hydrogen (secondary N) is 1. The Labute approximate surface area is 103 Å². The Morgan fingerprint density at radius 3 is 2.53 bits per heavy atom. The minimum absolute atomic E-state index is 0.143. The molecule has 0 saturated carbocycles. The molecule has 0 aromatic heterocycles. The Morgan fingerprint density at radius 2 is 2.00 bits per heavy atom. The lowest BCUT2D eigenvalue weighted by molar-refractivity contribution is 0.330. The van der Waals surface area contributed by atoms with Gasteiger partial charge in [-0.3, -0.25) is 0 Å². The highest BCUT2D eigenvalue weighted by Gasteiger charge is 2.20. The molecule has 0 amide bonds. The number of sulfonamides is 1. The van der Waals surface area contributed by atoms with Gasteiger partial charge in [-0.15, -0.1) is 0 Å². The van der Waals surface area contributed by atoms with Gasteiger partial charge >= 0.3 is 0 Å². The van der Waals surface area contributed by atoms with E-state index in [9.17, 15) is 8.42 Å². The number of hydrogen-bond acceptors (Lipinski definition) is 3.